The predicted molar refractivity (Wildman–Crippen MR) is 119 cm³/mol. The second-order valence-electron chi connectivity index (χ2n) is 6.94. The zero-order valence-electron chi connectivity index (χ0n) is 17.2. The van der Waals surface area contributed by atoms with Crippen LogP contribution in [0, 0.1) is 10.1 Å². The minimum Gasteiger partial charge on any atom is -0.494 e. The molecular formula is C24H24N2O5. The monoisotopic (exact) mass is 420 g/mol. The van der Waals surface area contributed by atoms with E-state index in [2.05, 4.69) is 17.4 Å². The van der Waals surface area contributed by atoms with Crippen molar-refractivity contribution >= 4 is 17.3 Å². The van der Waals surface area contributed by atoms with Crippen LogP contribution in [0.1, 0.15) is 18.9 Å². The Hall–Kier alpha value is -3.87. The SMILES string of the molecule is CC(Oc1ccccc1[N+](=O)[O-])C(=O)Nc1ccc(OCCCc2ccccc2)cc1. The van der Waals surface area contributed by atoms with Crippen LogP contribution in [0.15, 0.2) is 78.9 Å². The molecule has 3 aromatic carbocycles. The fourth-order valence-electron chi connectivity index (χ4n) is 2.94. The highest BCUT2D eigenvalue weighted by Gasteiger charge is 2.20. The highest BCUT2D eigenvalue weighted by Crippen LogP contribution is 2.27. The largest absolute Gasteiger partial charge is 0.494 e. The molecule has 1 amide bonds. The van der Waals surface area contributed by atoms with Gasteiger partial charge in [-0.1, -0.05) is 42.5 Å². The van der Waals surface area contributed by atoms with Gasteiger partial charge in [-0.05, 0) is 55.7 Å². The Balaban J connectivity index is 1.46. The van der Waals surface area contributed by atoms with E-state index in [-0.39, 0.29) is 11.4 Å². The van der Waals surface area contributed by atoms with Crippen molar-refractivity contribution in [2.45, 2.75) is 25.9 Å². The molecule has 0 aliphatic carbocycles. The van der Waals surface area contributed by atoms with Crippen molar-refractivity contribution in [1.29, 1.82) is 0 Å². The minimum atomic E-state index is -0.907. The Morgan fingerprint density at radius 3 is 2.39 bits per heavy atom. The lowest BCUT2D eigenvalue weighted by molar-refractivity contribution is -0.386. The number of ether oxygens (including phenoxy) is 2. The number of aryl methyl sites for hydroxylation is 1. The molecule has 0 aliphatic rings. The predicted octanol–water partition coefficient (Wildman–Crippen LogP) is 5.01. The summed E-state index contributed by atoms with van der Waals surface area (Å²) < 4.78 is 11.2. The Bertz CT molecular complexity index is 1010. The van der Waals surface area contributed by atoms with Crippen molar-refractivity contribution in [3.8, 4) is 11.5 Å². The van der Waals surface area contributed by atoms with Crippen LogP contribution in [0.25, 0.3) is 0 Å². The van der Waals surface area contributed by atoms with Gasteiger partial charge < -0.3 is 14.8 Å². The molecule has 3 rings (SSSR count). The molecule has 7 nitrogen and oxygen atoms in total. The second kappa shape index (κ2) is 10.8. The lowest BCUT2D eigenvalue weighted by Crippen LogP contribution is -2.30. The lowest BCUT2D eigenvalue weighted by atomic mass is 10.1. The van der Waals surface area contributed by atoms with Gasteiger partial charge in [-0.3, -0.25) is 14.9 Å². The van der Waals surface area contributed by atoms with Crippen molar-refractivity contribution in [3.63, 3.8) is 0 Å². The molecule has 0 aromatic heterocycles. The number of rotatable bonds is 10. The van der Waals surface area contributed by atoms with Crippen molar-refractivity contribution in [1.82, 2.24) is 0 Å². The number of benzene rings is 3. The number of nitrogens with zero attached hydrogens (tertiary/aromatic N) is 1. The number of nitro groups is 1. The normalized spacial score (nSPS) is 11.4. The maximum absolute atomic E-state index is 12.4. The number of amides is 1. The number of nitro benzene ring substituents is 1. The minimum absolute atomic E-state index is 0.0504. The molecule has 0 heterocycles. The first-order valence-electron chi connectivity index (χ1n) is 10.0. The van der Waals surface area contributed by atoms with E-state index in [4.69, 9.17) is 9.47 Å². The fourth-order valence-corrected chi connectivity index (χ4v) is 2.94. The van der Waals surface area contributed by atoms with E-state index in [9.17, 15) is 14.9 Å². The van der Waals surface area contributed by atoms with E-state index in [0.29, 0.717) is 12.3 Å². The molecule has 0 radical (unpaired) electrons. The molecule has 1 unspecified atom stereocenters. The molecule has 0 aliphatic heterocycles. The third-order valence-corrected chi connectivity index (χ3v) is 4.58. The lowest BCUT2D eigenvalue weighted by Gasteiger charge is -2.15. The van der Waals surface area contributed by atoms with Gasteiger partial charge in [-0.25, -0.2) is 0 Å². The standard InChI is InChI=1S/C24H24N2O5/c1-18(31-23-12-6-5-11-22(23)26(28)29)24(27)25-20-13-15-21(16-14-20)30-17-7-10-19-8-3-2-4-9-19/h2-6,8-9,11-16,18H,7,10,17H2,1H3,(H,25,27). The summed E-state index contributed by atoms with van der Waals surface area (Å²) in [7, 11) is 0. The summed E-state index contributed by atoms with van der Waals surface area (Å²) in [4.78, 5) is 22.9. The molecule has 0 bridgehead atoms. The zero-order valence-corrected chi connectivity index (χ0v) is 17.2. The van der Waals surface area contributed by atoms with Gasteiger partial charge in [0.2, 0.25) is 0 Å². The first-order valence-corrected chi connectivity index (χ1v) is 10.0. The van der Waals surface area contributed by atoms with Gasteiger partial charge in [0, 0.05) is 11.8 Å². The number of para-hydroxylation sites is 2. The number of hydrogen-bond acceptors (Lipinski definition) is 5. The van der Waals surface area contributed by atoms with E-state index in [1.54, 1.807) is 36.4 Å². The number of hydrogen-bond donors (Lipinski definition) is 1. The summed E-state index contributed by atoms with van der Waals surface area (Å²) in [5.41, 5.74) is 1.68. The highest BCUT2D eigenvalue weighted by atomic mass is 16.6. The summed E-state index contributed by atoms with van der Waals surface area (Å²) in [6.07, 6.45) is 0.949. The highest BCUT2D eigenvalue weighted by molar-refractivity contribution is 5.94. The summed E-state index contributed by atoms with van der Waals surface area (Å²) in [6, 6.07) is 23.2. The van der Waals surface area contributed by atoms with E-state index in [1.165, 1.54) is 24.6 Å². The molecule has 1 N–H and O–H groups in total. The van der Waals surface area contributed by atoms with E-state index < -0.39 is 16.9 Å². The molecule has 1 atom stereocenters. The average molecular weight is 420 g/mol. The first kappa shape index (κ1) is 21.8. The quantitative estimate of drug-likeness (QED) is 0.283. The van der Waals surface area contributed by atoms with Gasteiger partial charge in [-0.2, -0.15) is 0 Å². The molecule has 0 saturated carbocycles. The van der Waals surface area contributed by atoms with E-state index >= 15 is 0 Å². The average Bonchev–Trinajstić information content (AvgIpc) is 2.78. The van der Waals surface area contributed by atoms with E-state index in [0.717, 1.165) is 18.6 Å². The second-order valence-corrected chi connectivity index (χ2v) is 6.94. The van der Waals surface area contributed by atoms with Crippen LogP contribution in [0.3, 0.4) is 0 Å². The third-order valence-electron chi connectivity index (χ3n) is 4.58. The smallest absolute Gasteiger partial charge is 0.310 e. The maximum atomic E-state index is 12.4. The van der Waals surface area contributed by atoms with Crippen molar-refractivity contribution < 1.29 is 19.2 Å². The van der Waals surface area contributed by atoms with Crippen LogP contribution in [-0.2, 0) is 11.2 Å². The topological polar surface area (TPSA) is 90.7 Å². The Morgan fingerprint density at radius 2 is 1.68 bits per heavy atom. The van der Waals surface area contributed by atoms with E-state index in [1.807, 2.05) is 18.2 Å². The zero-order chi connectivity index (χ0) is 22.1. The van der Waals surface area contributed by atoms with Crippen LogP contribution in [-0.4, -0.2) is 23.5 Å². The van der Waals surface area contributed by atoms with Gasteiger partial charge >= 0.3 is 5.69 Å². The van der Waals surface area contributed by atoms with Crippen molar-refractivity contribution in [2.24, 2.45) is 0 Å². The third kappa shape index (κ3) is 6.57. The van der Waals surface area contributed by atoms with Gasteiger partial charge in [-0.15, -0.1) is 0 Å². The molecule has 0 spiro atoms. The summed E-state index contributed by atoms with van der Waals surface area (Å²) in [6.45, 7) is 2.14. The Morgan fingerprint density at radius 1 is 1.00 bits per heavy atom. The molecule has 31 heavy (non-hydrogen) atoms. The van der Waals surface area contributed by atoms with Crippen LogP contribution < -0.4 is 14.8 Å². The number of carbonyl (C=O) groups excluding carboxylic acids is 1. The number of anilines is 1. The van der Waals surface area contributed by atoms with Gasteiger partial charge in [0.25, 0.3) is 5.91 Å². The van der Waals surface area contributed by atoms with Crippen molar-refractivity contribution in [3.05, 3.63) is 94.5 Å². The van der Waals surface area contributed by atoms with Crippen LogP contribution in [0.2, 0.25) is 0 Å². The molecule has 0 saturated heterocycles. The van der Waals surface area contributed by atoms with Gasteiger partial charge in [0.15, 0.2) is 11.9 Å². The molecule has 3 aromatic rings. The fraction of sp³-hybridized carbons (Fsp3) is 0.208. The molecule has 0 fully saturated rings. The number of carbonyl (C=O) groups is 1. The molecular weight excluding hydrogens is 396 g/mol. The van der Waals surface area contributed by atoms with Crippen LogP contribution >= 0.6 is 0 Å². The Labute approximate surface area is 180 Å². The first-order chi connectivity index (χ1) is 15.0. The van der Waals surface area contributed by atoms with Crippen LogP contribution in [0.5, 0.6) is 11.5 Å². The summed E-state index contributed by atoms with van der Waals surface area (Å²) >= 11 is 0. The molecule has 160 valence electrons. The Kier molecular flexibility index (Phi) is 7.59. The van der Waals surface area contributed by atoms with Crippen molar-refractivity contribution in [2.75, 3.05) is 11.9 Å². The van der Waals surface area contributed by atoms with Gasteiger partial charge in [0.1, 0.15) is 5.75 Å². The summed E-state index contributed by atoms with van der Waals surface area (Å²) in [5.74, 6) is 0.361. The number of nitrogens with one attached hydrogen (secondary N) is 1. The van der Waals surface area contributed by atoms with Crippen LogP contribution in [0.4, 0.5) is 11.4 Å². The summed E-state index contributed by atoms with van der Waals surface area (Å²) in [5, 5.41) is 13.8. The maximum Gasteiger partial charge on any atom is 0.310 e. The molecule has 7 heteroatoms. The van der Waals surface area contributed by atoms with Gasteiger partial charge in [0.05, 0.1) is 11.5 Å².